The molecule has 1 fully saturated rings. The molecule has 1 aromatic heterocycles. The summed E-state index contributed by atoms with van der Waals surface area (Å²) in [4.78, 5) is 11.6. The van der Waals surface area contributed by atoms with Gasteiger partial charge >= 0.3 is 0 Å². The summed E-state index contributed by atoms with van der Waals surface area (Å²) in [5.74, 6) is 0.855. The van der Waals surface area contributed by atoms with Crippen LogP contribution in [0.5, 0.6) is 0 Å². The standard InChI is InChI=1S/C16H28N4O/c1-4-16(3,12-21)17-11-14-10-13(2)18-15(19-14)20-8-6-5-7-9-20/h10,17,21H,4-9,11-12H2,1-3H3. The van der Waals surface area contributed by atoms with Gasteiger partial charge in [0, 0.05) is 30.9 Å². The zero-order valence-electron chi connectivity index (χ0n) is 13.5. The third-order valence-corrected chi connectivity index (χ3v) is 4.36. The van der Waals surface area contributed by atoms with Crippen LogP contribution in [0.15, 0.2) is 6.07 Å². The smallest absolute Gasteiger partial charge is 0.225 e. The van der Waals surface area contributed by atoms with Crippen molar-refractivity contribution in [1.82, 2.24) is 15.3 Å². The first-order valence-electron chi connectivity index (χ1n) is 8.02. The molecule has 1 aliphatic heterocycles. The number of aliphatic hydroxyl groups is 1. The molecule has 2 N–H and O–H groups in total. The Kier molecular flexibility index (Phi) is 5.53. The summed E-state index contributed by atoms with van der Waals surface area (Å²) in [6.07, 6.45) is 4.64. The van der Waals surface area contributed by atoms with Gasteiger partial charge in [-0.15, -0.1) is 0 Å². The minimum absolute atomic E-state index is 0.131. The molecule has 0 aliphatic carbocycles. The Bertz CT molecular complexity index is 454. The quantitative estimate of drug-likeness (QED) is 0.840. The van der Waals surface area contributed by atoms with Crippen LogP contribution >= 0.6 is 0 Å². The van der Waals surface area contributed by atoms with Crippen LogP contribution in [0.1, 0.15) is 50.9 Å². The third kappa shape index (κ3) is 4.38. The highest BCUT2D eigenvalue weighted by atomic mass is 16.3. The molecule has 21 heavy (non-hydrogen) atoms. The van der Waals surface area contributed by atoms with Crippen LogP contribution in [0.3, 0.4) is 0 Å². The van der Waals surface area contributed by atoms with E-state index in [1.54, 1.807) is 0 Å². The van der Waals surface area contributed by atoms with Gasteiger partial charge in [-0.3, -0.25) is 0 Å². The summed E-state index contributed by atoms with van der Waals surface area (Å²) < 4.78 is 0. The number of anilines is 1. The number of aromatic nitrogens is 2. The van der Waals surface area contributed by atoms with E-state index in [1.165, 1.54) is 19.3 Å². The van der Waals surface area contributed by atoms with Crippen molar-refractivity contribution < 1.29 is 5.11 Å². The summed E-state index contributed by atoms with van der Waals surface area (Å²) in [5, 5.41) is 12.9. The number of hydrogen-bond acceptors (Lipinski definition) is 5. The average Bonchev–Trinajstić information content (AvgIpc) is 2.53. The minimum atomic E-state index is -0.246. The molecule has 5 nitrogen and oxygen atoms in total. The second-order valence-corrected chi connectivity index (χ2v) is 6.27. The molecule has 0 saturated carbocycles. The molecule has 0 bridgehead atoms. The first-order valence-corrected chi connectivity index (χ1v) is 8.02. The Morgan fingerprint density at radius 2 is 2.00 bits per heavy atom. The van der Waals surface area contributed by atoms with Crippen LogP contribution in [0.4, 0.5) is 5.95 Å². The van der Waals surface area contributed by atoms with Crippen molar-refractivity contribution >= 4 is 5.95 Å². The number of aryl methyl sites for hydroxylation is 1. The van der Waals surface area contributed by atoms with Crippen molar-refractivity contribution in [3.63, 3.8) is 0 Å². The zero-order valence-corrected chi connectivity index (χ0v) is 13.5. The molecule has 1 atom stereocenters. The topological polar surface area (TPSA) is 61.3 Å². The summed E-state index contributed by atoms with van der Waals surface area (Å²) in [6, 6.07) is 2.02. The van der Waals surface area contributed by atoms with E-state index >= 15 is 0 Å². The SMILES string of the molecule is CCC(C)(CO)NCc1cc(C)nc(N2CCCCC2)n1. The van der Waals surface area contributed by atoms with Crippen LogP contribution in [-0.4, -0.2) is 40.3 Å². The van der Waals surface area contributed by atoms with Gasteiger partial charge in [0.2, 0.25) is 5.95 Å². The largest absolute Gasteiger partial charge is 0.394 e. The van der Waals surface area contributed by atoms with E-state index in [9.17, 15) is 5.11 Å². The summed E-state index contributed by atoms with van der Waals surface area (Å²) in [6.45, 7) is 9.03. The fraction of sp³-hybridized carbons (Fsp3) is 0.750. The summed E-state index contributed by atoms with van der Waals surface area (Å²) in [5.41, 5.74) is 1.75. The predicted molar refractivity (Wildman–Crippen MR) is 85.5 cm³/mol. The third-order valence-electron chi connectivity index (χ3n) is 4.36. The van der Waals surface area contributed by atoms with Crippen molar-refractivity contribution in [2.24, 2.45) is 0 Å². The lowest BCUT2D eigenvalue weighted by atomic mass is 10.0. The normalized spacial score (nSPS) is 18.6. The Labute approximate surface area is 127 Å². The molecule has 0 spiro atoms. The Hall–Kier alpha value is -1.20. The van der Waals surface area contributed by atoms with Gasteiger partial charge in [-0.2, -0.15) is 0 Å². The molecule has 5 heteroatoms. The highest BCUT2D eigenvalue weighted by molar-refractivity contribution is 5.32. The molecule has 118 valence electrons. The molecule has 0 radical (unpaired) electrons. The van der Waals surface area contributed by atoms with Gasteiger partial charge in [-0.25, -0.2) is 9.97 Å². The predicted octanol–water partition coefficient (Wildman–Crippen LogP) is 2.03. The minimum Gasteiger partial charge on any atom is -0.394 e. The molecule has 2 heterocycles. The molecule has 0 aromatic carbocycles. The van der Waals surface area contributed by atoms with Gasteiger partial charge in [-0.05, 0) is 45.6 Å². The van der Waals surface area contributed by atoms with E-state index < -0.39 is 0 Å². The van der Waals surface area contributed by atoms with Gasteiger partial charge in [0.15, 0.2) is 0 Å². The lowest BCUT2D eigenvalue weighted by molar-refractivity contribution is 0.168. The molecule has 1 aromatic rings. The van der Waals surface area contributed by atoms with Crippen LogP contribution < -0.4 is 10.2 Å². The molecule has 1 saturated heterocycles. The fourth-order valence-electron chi connectivity index (χ4n) is 2.54. The van der Waals surface area contributed by atoms with Gasteiger partial charge < -0.3 is 15.3 Å². The maximum Gasteiger partial charge on any atom is 0.225 e. The fourth-order valence-corrected chi connectivity index (χ4v) is 2.54. The van der Waals surface area contributed by atoms with Crippen molar-refractivity contribution in [2.45, 2.75) is 58.5 Å². The van der Waals surface area contributed by atoms with Crippen LogP contribution in [0.25, 0.3) is 0 Å². The number of aliphatic hydroxyl groups excluding tert-OH is 1. The molecule has 1 aliphatic rings. The van der Waals surface area contributed by atoms with Crippen molar-refractivity contribution in [3.05, 3.63) is 17.5 Å². The maximum atomic E-state index is 9.47. The molecular weight excluding hydrogens is 264 g/mol. The molecule has 2 rings (SSSR count). The maximum absolute atomic E-state index is 9.47. The molecular formula is C16H28N4O. The first-order chi connectivity index (χ1) is 10.1. The number of nitrogens with one attached hydrogen (secondary N) is 1. The van der Waals surface area contributed by atoms with Crippen LogP contribution in [-0.2, 0) is 6.54 Å². The number of piperidine rings is 1. The monoisotopic (exact) mass is 292 g/mol. The highest BCUT2D eigenvalue weighted by Crippen LogP contribution is 2.17. The Balaban J connectivity index is 2.07. The van der Waals surface area contributed by atoms with E-state index in [0.717, 1.165) is 36.8 Å². The highest BCUT2D eigenvalue weighted by Gasteiger charge is 2.20. The van der Waals surface area contributed by atoms with Gasteiger partial charge in [0.05, 0.1) is 12.3 Å². The van der Waals surface area contributed by atoms with Crippen LogP contribution in [0.2, 0.25) is 0 Å². The van der Waals surface area contributed by atoms with E-state index in [0.29, 0.717) is 6.54 Å². The number of nitrogens with zero attached hydrogens (tertiary/aromatic N) is 3. The Morgan fingerprint density at radius 1 is 1.29 bits per heavy atom. The second kappa shape index (κ2) is 7.18. The zero-order chi connectivity index (χ0) is 15.3. The summed E-state index contributed by atoms with van der Waals surface area (Å²) in [7, 11) is 0. The van der Waals surface area contributed by atoms with Crippen LogP contribution in [0, 0.1) is 6.92 Å². The molecule has 1 unspecified atom stereocenters. The van der Waals surface area contributed by atoms with Gasteiger partial charge in [-0.1, -0.05) is 6.92 Å². The van der Waals surface area contributed by atoms with Gasteiger partial charge in [0.25, 0.3) is 0 Å². The van der Waals surface area contributed by atoms with E-state index in [-0.39, 0.29) is 12.1 Å². The average molecular weight is 292 g/mol. The van der Waals surface area contributed by atoms with E-state index in [1.807, 2.05) is 19.9 Å². The Morgan fingerprint density at radius 3 is 2.62 bits per heavy atom. The first kappa shape index (κ1) is 16.2. The lowest BCUT2D eigenvalue weighted by Crippen LogP contribution is -2.44. The van der Waals surface area contributed by atoms with Crippen molar-refractivity contribution in [3.8, 4) is 0 Å². The lowest BCUT2D eigenvalue weighted by Gasteiger charge is -2.29. The number of rotatable bonds is 6. The summed E-state index contributed by atoms with van der Waals surface area (Å²) >= 11 is 0. The van der Waals surface area contributed by atoms with Gasteiger partial charge in [0.1, 0.15) is 0 Å². The second-order valence-electron chi connectivity index (χ2n) is 6.27. The van der Waals surface area contributed by atoms with Crippen molar-refractivity contribution in [1.29, 1.82) is 0 Å². The van der Waals surface area contributed by atoms with E-state index in [2.05, 4.69) is 22.1 Å². The van der Waals surface area contributed by atoms with E-state index in [4.69, 9.17) is 4.98 Å². The molecule has 0 amide bonds. The number of hydrogen-bond donors (Lipinski definition) is 2. The van der Waals surface area contributed by atoms with Crippen molar-refractivity contribution in [2.75, 3.05) is 24.6 Å².